The van der Waals surface area contributed by atoms with Crippen molar-refractivity contribution in [3.63, 3.8) is 0 Å². The maximum atomic E-state index is 2.57. The van der Waals surface area contributed by atoms with E-state index in [-0.39, 0.29) is 0 Å². The van der Waals surface area contributed by atoms with Gasteiger partial charge in [0.2, 0.25) is 0 Å². The Bertz CT molecular complexity index is 2950. The topological polar surface area (TPSA) is 8.17 Å². The number of rotatable bonds is 6. The van der Waals surface area contributed by atoms with Crippen LogP contribution < -0.4 is 4.90 Å². The van der Waals surface area contributed by atoms with Gasteiger partial charge in [0.1, 0.15) is 0 Å². The van der Waals surface area contributed by atoms with Gasteiger partial charge in [0.15, 0.2) is 0 Å². The number of anilines is 3. The fourth-order valence-electron chi connectivity index (χ4n) is 12.0. The van der Waals surface area contributed by atoms with Crippen LogP contribution in [0.2, 0.25) is 0 Å². The first kappa shape index (κ1) is 32.2. The van der Waals surface area contributed by atoms with Crippen LogP contribution >= 0.6 is 0 Å². The zero-order valence-electron chi connectivity index (χ0n) is 31.8. The van der Waals surface area contributed by atoms with Crippen LogP contribution in [0.3, 0.4) is 0 Å². The molecule has 0 saturated heterocycles. The molecule has 0 N–H and O–H groups in total. The summed E-state index contributed by atoms with van der Waals surface area (Å²) in [6, 6.07) is 65.8. The summed E-state index contributed by atoms with van der Waals surface area (Å²) in [6.45, 7) is 2.50. The van der Waals surface area contributed by atoms with Crippen LogP contribution in [0.25, 0.3) is 60.2 Å². The van der Waals surface area contributed by atoms with Gasteiger partial charge < -0.3 is 9.47 Å². The Morgan fingerprint density at radius 3 is 1.89 bits per heavy atom. The van der Waals surface area contributed by atoms with Crippen molar-refractivity contribution in [3.8, 4) is 16.8 Å². The second kappa shape index (κ2) is 12.2. The molecule has 0 radical (unpaired) electrons. The Morgan fingerprint density at radius 1 is 0.500 bits per heavy atom. The molecule has 3 aliphatic rings. The van der Waals surface area contributed by atoms with Crippen LogP contribution in [0, 0.1) is 23.7 Å². The molecule has 3 aliphatic carbocycles. The van der Waals surface area contributed by atoms with Crippen LogP contribution in [0.4, 0.5) is 17.1 Å². The summed E-state index contributed by atoms with van der Waals surface area (Å²) >= 11 is 0. The van der Waals surface area contributed by atoms with Crippen molar-refractivity contribution in [2.24, 2.45) is 23.7 Å². The first-order valence-corrected chi connectivity index (χ1v) is 20.6. The minimum Gasteiger partial charge on any atom is -0.310 e. The lowest BCUT2D eigenvalue weighted by Crippen LogP contribution is -2.65. The number of aromatic nitrogens is 1. The van der Waals surface area contributed by atoms with E-state index >= 15 is 0 Å². The zero-order chi connectivity index (χ0) is 37.0. The highest BCUT2D eigenvalue weighted by atomic mass is 15.1. The third-order valence-electron chi connectivity index (χ3n) is 14.1. The van der Waals surface area contributed by atoms with Crippen molar-refractivity contribution in [2.75, 3.05) is 4.90 Å². The number of para-hydroxylation sites is 2. The first-order valence-electron chi connectivity index (χ1n) is 20.6. The van der Waals surface area contributed by atoms with Gasteiger partial charge in [-0.3, -0.25) is 0 Å². The number of fused-ring (bicyclic) bond motifs is 6. The van der Waals surface area contributed by atoms with Crippen LogP contribution in [-0.2, 0) is 5.41 Å². The Kier molecular flexibility index (Phi) is 7.00. The van der Waals surface area contributed by atoms with E-state index in [4.69, 9.17) is 0 Å². The van der Waals surface area contributed by atoms with Gasteiger partial charge in [0.05, 0.1) is 16.7 Å². The maximum absolute atomic E-state index is 2.57. The molecule has 270 valence electrons. The molecule has 9 aromatic rings. The van der Waals surface area contributed by atoms with E-state index in [0.29, 0.717) is 5.41 Å². The highest BCUT2D eigenvalue weighted by Crippen LogP contribution is 2.71. The van der Waals surface area contributed by atoms with Gasteiger partial charge in [-0.1, -0.05) is 128 Å². The summed E-state index contributed by atoms with van der Waals surface area (Å²) in [7, 11) is 0. The molecular formula is C54H44N2. The lowest BCUT2D eigenvalue weighted by molar-refractivity contribution is -0.159. The molecule has 1 heterocycles. The van der Waals surface area contributed by atoms with Crippen molar-refractivity contribution < 1.29 is 0 Å². The molecule has 1 aromatic heterocycles. The summed E-state index contributed by atoms with van der Waals surface area (Å²) in [5.41, 5.74) is 11.5. The number of nitrogens with zero attached hydrogens (tertiary/aromatic N) is 2. The average molecular weight is 721 g/mol. The monoisotopic (exact) mass is 720 g/mol. The fourth-order valence-corrected chi connectivity index (χ4v) is 12.0. The average Bonchev–Trinajstić information content (AvgIpc) is 3.57. The molecule has 3 fully saturated rings. The van der Waals surface area contributed by atoms with Crippen molar-refractivity contribution in [1.29, 1.82) is 0 Å². The van der Waals surface area contributed by atoms with E-state index in [1.165, 1.54) is 103 Å². The Balaban J connectivity index is 1.04. The normalized spacial score (nSPS) is 22.5. The highest BCUT2D eigenvalue weighted by Gasteiger charge is 2.65. The highest BCUT2D eigenvalue weighted by molar-refractivity contribution is 6.14. The molecule has 8 aromatic carbocycles. The number of hydrogen-bond acceptors (Lipinski definition) is 1. The number of benzene rings is 8. The summed E-state index contributed by atoms with van der Waals surface area (Å²) < 4.78 is 2.42. The van der Waals surface area contributed by atoms with Gasteiger partial charge in [-0.05, 0) is 142 Å². The number of hydrogen-bond donors (Lipinski definition) is 0. The van der Waals surface area contributed by atoms with Crippen LogP contribution in [-0.4, -0.2) is 4.57 Å². The van der Waals surface area contributed by atoms with Crippen molar-refractivity contribution in [1.82, 2.24) is 4.57 Å². The van der Waals surface area contributed by atoms with Crippen LogP contribution in [0.1, 0.15) is 38.2 Å². The van der Waals surface area contributed by atoms with Crippen molar-refractivity contribution >= 4 is 60.4 Å². The third-order valence-corrected chi connectivity index (χ3v) is 14.1. The molecule has 0 bridgehead atoms. The summed E-state index contributed by atoms with van der Waals surface area (Å²) in [5, 5.41) is 7.67. The first-order chi connectivity index (χ1) is 27.6. The summed E-state index contributed by atoms with van der Waals surface area (Å²) in [6.07, 6.45) is 5.56. The fraction of sp³-hybridized carbons (Fsp3) is 0.185. The smallest absolute Gasteiger partial charge is 0.0546 e. The predicted octanol–water partition coefficient (Wildman–Crippen LogP) is 14.6. The molecule has 0 aliphatic heterocycles. The second-order valence-corrected chi connectivity index (χ2v) is 17.2. The molecule has 12 rings (SSSR count). The minimum atomic E-state index is 0.327. The van der Waals surface area contributed by atoms with Gasteiger partial charge in [-0.2, -0.15) is 0 Å². The molecule has 2 nitrogen and oxygen atoms in total. The molecule has 2 unspecified atom stereocenters. The molecular weight excluding hydrogens is 677 g/mol. The summed E-state index contributed by atoms with van der Waals surface area (Å²) in [5.74, 6) is 3.51. The molecule has 0 spiro atoms. The summed E-state index contributed by atoms with van der Waals surface area (Å²) in [4.78, 5) is 2.55. The minimum absolute atomic E-state index is 0.327. The van der Waals surface area contributed by atoms with Crippen molar-refractivity contribution in [3.05, 3.63) is 181 Å². The van der Waals surface area contributed by atoms with Gasteiger partial charge in [-0.25, -0.2) is 0 Å². The van der Waals surface area contributed by atoms with E-state index in [1.807, 2.05) is 0 Å². The lowest BCUT2D eigenvalue weighted by Gasteiger charge is -2.70. The van der Waals surface area contributed by atoms with E-state index in [1.54, 1.807) is 5.56 Å². The quantitative estimate of drug-likeness (QED) is 0.155. The molecule has 2 heteroatoms. The lowest BCUT2D eigenvalue weighted by atomic mass is 9.34. The van der Waals surface area contributed by atoms with Crippen molar-refractivity contribution in [2.45, 2.75) is 38.0 Å². The zero-order valence-corrected chi connectivity index (χ0v) is 31.8. The van der Waals surface area contributed by atoms with E-state index in [9.17, 15) is 0 Å². The van der Waals surface area contributed by atoms with Gasteiger partial charge in [0, 0.05) is 33.2 Å². The van der Waals surface area contributed by atoms with Gasteiger partial charge in [-0.15, -0.1) is 0 Å². The SMILES string of the molecule is C[C@H]1CC2C[C@H]3C[C@](c4cccc(N(c5cccc(-c6cccc(-n7c8ccccc8c8ccccc87)c6)c5)c5cc6ccccc6c6ccccc56)c4)(C1)C23. The molecule has 5 atom stereocenters. The molecule has 0 amide bonds. The maximum Gasteiger partial charge on any atom is 0.0546 e. The standard InChI is InChI=1S/C54H44N2/c1-35-27-39-28-40-34-54(33-35,53(39)40)41-16-12-19-44(32-41)55(52-31-38-13-2-3-20-45(38)46-21-4-5-22-47(46)52)42-17-10-14-36(29-42)37-15-11-18-43(30-37)56-50-25-8-6-23-48(50)49-24-7-9-26-51(49)56/h2-26,29-32,35,39-40,53H,27-28,33-34H2,1H3/t35-,39?,40-,53?,54-/m0/s1. The Labute approximate surface area is 328 Å². The largest absolute Gasteiger partial charge is 0.310 e. The van der Waals surface area contributed by atoms with Crippen LogP contribution in [0.5, 0.6) is 0 Å². The third kappa shape index (κ3) is 4.68. The van der Waals surface area contributed by atoms with Gasteiger partial charge >= 0.3 is 0 Å². The molecule has 3 saturated carbocycles. The van der Waals surface area contributed by atoms with E-state index in [2.05, 4.69) is 192 Å². The van der Waals surface area contributed by atoms with E-state index < -0.39 is 0 Å². The molecule has 56 heavy (non-hydrogen) atoms. The van der Waals surface area contributed by atoms with E-state index in [0.717, 1.165) is 23.7 Å². The van der Waals surface area contributed by atoms with Gasteiger partial charge in [0.25, 0.3) is 0 Å². The van der Waals surface area contributed by atoms with Crippen LogP contribution in [0.15, 0.2) is 176 Å². The second-order valence-electron chi connectivity index (χ2n) is 17.2. The predicted molar refractivity (Wildman–Crippen MR) is 236 cm³/mol. The Morgan fingerprint density at radius 2 is 1.12 bits per heavy atom. The Hall–Kier alpha value is -6.12.